The van der Waals surface area contributed by atoms with E-state index in [-0.39, 0.29) is 23.4 Å². The molecule has 1 aliphatic heterocycles. The van der Waals surface area contributed by atoms with Gasteiger partial charge in [-0.2, -0.15) is 0 Å². The van der Waals surface area contributed by atoms with Crippen LogP contribution < -0.4 is 11.0 Å². The lowest BCUT2D eigenvalue weighted by Gasteiger charge is -2.26. The van der Waals surface area contributed by atoms with Crippen LogP contribution in [0.3, 0.4) is 0 Å². The topological polar surface area (TPSA) is 61.4 Å². The highest BCUT2D eigenvalue weighted by Crippen LogP contribution is 2.40. The third kappa shape index (κ3) is 3.90. The Morgan fingerprint density at radius 2 is 1.73 bits per heavy atom. The highest BCUT2D eigenvalue weighted by Gasteiger charge is 2.31. The lowest BCUT2D eigenvalue weighted by molar-refractivity contribution is -0.126. The van der Waals surface area contributed by atoms with Crippen LogP contribution in [0.15, 0.2) is 48.5 Å². The quantitative estimate of drug-likeness (QED) is 0.761. The largest absolute Gasteiger partial charge is 0.301 e. The maximum atomic E-state index is 12.9. The summed E-state index contributed by atoms with van der Waals surface area (Å²) in [5, 5.41) is 2.00. The van der Waals surface area contributed by atoms with Crippen LogP contribution in [0.4, 0.5) is 0 Å². The summed E-state index contributed by atoms with van der Waals surface area (Å²) < 4.78 is 0. The Labute approximate surface area is 178 Å². The zero-order chi connectivity index (χ0) is 21.3. The van der Waals surface area contributed by atoms with E-state index in [9.17, 15) is 9.59 Å². The summed E-state index contributed by atoms with van der Waals surface area (Å²) >= 11 is 0. The highest BCUT2D eigenvalue weighted by molar-refractivity contribution is 5.93. The number of hydrogen-bond donors (Lipinski definition) is 2. The standard InChI is InChI=1S/C25H29N3O2/c1-16(2)23(30)13-12-19(29)15-18-14-17-8-4-5-10-21(17)24-25(28(3)27-26-24)22-11-7-6-9-20(18)22/h4-11,16,18,26-27H,12-15H2,1-3H3/t18-/m1/s1. The number of hydrazine groups is 2. The van der Waals surface area contributed by atoms with Crippen molar-refractivity contribution in [2.24, 2.45) is 5.92 Å². The SMILES string of the molecule is CC(C)C(=O)CCC(=O)C[C@H]1Cc2ccccc2C2=C(c3ccccc31)N(C)NN2. The fraction of sp³-hybridized carbons (Fsp3) is 0.360. The van der Waals surface area contributed by atoms with Crippen LogP contribution in [0.25, 0.3) is 11.4 Å². The van der Waals surface area contributed by atoms with Crippen molar-refractivity contribution in [2.45, 2.75) is 45.4 Å². The van der Waals surface area contributed by atoms with Crippen LogP contribution in [0.5, 0.6) is 0 Å². The molecule has 0 unspecified atom stereocenters. The maximum absolute atomic E-state index is 12.9. The minimum absolute atomic E-state index is 0.0185. The molecule has 5 nitrogen and oxygen atoms in total. The first-order valence-electron chi connectivity index (χ1n) is 10.7. The van der Waals surface area contributed by atoms with Crippen LogP contribution >= 0.6 is 0 Å². The normalized spacial score (nSPS) is 17.6. The molecule has 1 heterocycles. The molecule has 4 rings (SSSR count). The molecule has 0 radical (unpaired) electrons. The van der Waals surface area contributed by atoms with Crippen LogP contribution in [0.2, 0.25) is 0 Å². The van der Waals surface area contributed by atoms with E-state index in [1.54, 1.807) is 0 Å². The smallest absolute Gasteiger partial charge is 0.135 e. The number of carbonyl (C=O) groups excluding carboxylic acids is 2. The van der Waals surface area contributed by atoms with E-state index in [0.29, 0.717) is 19.3 Å². The molecular weight excluding hydrogens is 374 g/mol. The third-order valence-electron chi connectivity index (χ3n) is 6.10. The molecule has 2 aliphatic rings. The van der Waals surface area contributed by atoms with Crippen molar-refractivity contribution < 1.29 is 9.59 Å². The zero-order valence-electron chi connectivity index (χ0n) is 17.9. The second-order valence-corrected chi connectivity index (χ2v) is 8.53. The van der Waals surface area contributed by atoms with Gasteiger partial charge in [-0.25, -0.2) is 0 Å². The van der Waals surface area contributed by atoms with Gasteiger partial charge < -0.3 is 5.43 Å². The molecule has 0 saturated heterocycles. The lowest BCUT2D eigenvalue weighted by Crippen LogP contribution is -2.34. The van der Waals surface area contributed by atoms with Crippen molar-refractivity contribution in [3.05, 3.63) is 70.8 Å². The summed E-state index contributed by atoms with van der Waals surface area (Å²) in [6.07, 6.45) is 1.91. The summed E-state index contributed by atoms with van der Waals surface area (Å²) in [6, 6.07) is 16.7. The second kappa shape index (κ2) is 8.44. The van der Waals surface area contributed by atoms with Gasteiger partial charge in [0.05, 0.1) is 11.4 Å². The number of Topliss-reactive ketones (excluding diaryl/α,β-unsaturated/α-hetero) is 2. The summed E-state index contributed by atoms with van der Waals surface area (Å²) in [5.41, 5.74) is 13.4. The molecule has 2 N–H and O–H groups in total. The molecule has 2 aromatic rings. The van der Waals surface area contributed by atoms with E-state index in [2.05, 4.69) is 47.4 Å². The Bertz CT molecular complexity index is 1010. The molecule has 0 aromatic heterocycles. The molecule has 156 valence electrons. The number of hydrogen-bond acceptors (Lipinski definition) is 5. The van der Waals surface area contributed by atoms with Gasteiger partial charge in [-0.1, -0.05) is 62.4 Å². The fourth-order valence-electron chi connectivity index (χ4n) is 4.43. The van der Waals surface area contributed by atoms with E-state index in [0.717, 1.165) is 28.9 Å². The average molecular weight is 404 g/mol. The Balaban J connectivity index is 1.71. The Kier molecular flexibility index (Phi) is 5.73. The van der Waals surface area contributed by atoms with Crippen molar-refractivity contribution in [1.82, 2.24) is 16.0 Å². The Morgan fingerprint density at radius 1 is 1.03 bits per heavy atom. The molecule has 5 heteroatoms. The van der Waals surface area contributed by atoms with Crippen molar-refractivity contribution in [1.29, 1.82) is 0 Å². The molecule has 30 heavy (non-hydrogen) atoms. The van der Waals surface area contributed by atoms with Crippen molar-refractivity contribution >= 4 is 23.0 Å². The number of nitrogens with one attached hydrogen (secondary N) is 2. The summed E-state index contributed by atoms with van der Waals surface area (Å²) in [7, 11) is 1.99. The molecule has 1 atom stereocenters. The highest BCUT2D eigenvalue weighted by atomic mass is 16.1. The average Bonchev–Trinajstić information content (AvgIpc) is 3.11. The maximum Gasteiger partial charge on any atom is 0.135 e. The molecule has 0 bridgehead atoms. The molecule has 2 aromatic carbocycles. The van der Waals surface area contributed by atoms with Gasteiger partial charge >= 0.3 is 0 Å². The zero-order valence-corrected chi connectivity index (χ0v) is 17.9. The van der Waals surface area contributed by atoms with E-state index in [4.69, 9.17) is 0 Å². The minimum Gasteiger partial charge on any atom is -0.301 e. The van der Waals surface area contributed by atoms with E-state index in [1.807, 2.05) is 38.0 Å². The first kappa shape index (κ1) is 20.4. The van der Waals surface area contributed by atoms with E-state index >= 15 is 0 Å². The van der Waals surface area contributed by atoms with Gasteiger partial charge in [0.25, 0.3) is 0 Å². The summed E-state index contributed by atoms with van der Waals surface area (Å²) in [5.74, 6) is 0.375. The first-order chi connectivity index (χ1) is 14.5. The van der Waals surface area contributed by atoms with E-state index in [1.165, 1.54) is 11.1 Å². The van der Waals surface area contributed by atoms with Crippen molar-refractivity contribution in [2.75, 3.05) is 7.05 Å². The number of ketones is 2. The monoisotopic (exact) mass is 403 g/mol. The van der Waals surface area contributed by atoms with Gasteiger partial charge in [0.2, 0.25) is 0 Å². The number of carbonyl (C=O) groups is 2. The van der Waals surface area contributed by atoms with Crippen LogP contribution in [0, 0.1) is 5.92 Å². The van der Waals surface area contributed by atoms with Gasteiger partial charge in [0.15, 0.2) is 0 Å². The number of nitrogens with zero attached hydrogens (tertiary/aromatic N) is 1. The molecule has 0 spiro atoms. The van der Waals surface area contributed by atoms with Gasteiger partial charge in [0.1, 0.15) is 11.6 Å². The Morgan fingerprint density at radius 3 is 2.50 bits per heavy atom. The minimum atomic E-state index is -0.0185. The Hall–Kier alpha value is -2.92. The van der Waals surface area contributed by atoms with Crippen molar-refractivity contribution in [3.63, 3.8) is 0 Å². The first-order valence-corrected chi connectivity index (χ1v) is 10.7. The van der Waals surface area contributed by atoms with E-state index < -0.39 is 0 Å². The number of fused-ring (bicyclic) bond motifs is 4. The molecule has 1 aliphatic carbocycles. The van der Waals surface area contributed by atoms with Gasteiger partial charge in [-0.05, 0) is 23.5 Å². The van der Waals surface area contributed by atoms with Crippen LogP contribution in [0.1, 0.15) is 61.3 Å². The summed E-state index contributed by atoms with van der Waals surface area (Å²) in [6.45, 7) is 3.78. The number of rotatable bonds is 6. The molecule has 0 saturated carbocycles. The van der Waals surface area contributed by atoms with Crippen LogP contribution in [-0.2, 0) is 16.0 Å². The fourth-order valence-corrected chi connectivity index (χ4v) is 4.43. The van der Waals surface area contributed by atoms with Crippen molar-refractivity contribution in [3.8, 4) is 0 Å². The predicted molar refractivity (Wildman–Crippen MR) is 119 cm³/mol. The second-order valence-electron chi connectivity index (χ2n) is 8.53. The van der Waals surface area contributed by atoms with Crippen LogP contribution in [-0.4, -0.2) is 23.6 Å². The van der Waals surface area contributed by atoms with Gasteiger partial charge in [-0.3, -0.25) is 14.6 Å². The van der Waals surface area contributed by atoms with Gasteiger partial charge in [0, 0.05) is 43.4 Å². The lowest BCUT2D eigenvalue weighted by atomic mass is 9.80. The molecule has 0 amide bonds. The third-order valence-corrected chi connectivity index (χ3v) is 6.10. The van der Waals surface area contributed by atoms with Gasteiger partial charge in [-0.15, -0.1) is 5.53 Å². The number of benzene rings is 2. The summed E-state index contributed by atoms with van der Waals surface area (Å²) in [4.78, 5) is 24.8. The predicted octanol–water partition coefficient (Wildman–Crippen LogP) is 4.07. The molecule has 0 fully saturated rings. The molecular formula is C25H29N3O2.